The predicted molar refractivity (Wildman–Crippen MR) is 48.3 cm³/mol. The Balaban J connectivity index is 2.18. The third kappa shape index (κ3) is 1.80. The Morgan fingerprint density at radius 2 is 2.15 bits per heavy atom. The smallest absolute Gasteiger partial charge is 0.146 e. The van der Waals surface area contributed by atoms with E-state index in [4.69, 9.17) is 4.74 Å². The summed E-state index contributed by atoms with van der Waals surface area (Å²) in [7, 11) is 0. The molecule has 69 valence electrons. The van der Waals surface area contributed by atoms with Gasteiger partial charge in [-0.15, -0.1) is 0 Å². The van der Waals surface area contributed by atoms with E-state index in [0.29, 0.717) is 18.9 Å². The molecule has 1 aliphatic rings. The van der Waals surface area contributed by atoms with Gasteiger partial charge >= 0.3 is 0 Å². The molecule has 0 saturated carbocycles. The molecule has 1 radical (unpaired) electrons. The molecular formula is C10H11FNO. The van der Waals surface area contributed by atoms with E-state index in [9.17, 15) is 4.39 Å². The molecule has 1 fully saturated rings. The first-order chi connectivity index (χ1) is 6.38. The van der Waals surface area contributed by atoms with Crippen molar-refractivity contribution in [2.24, 2.45) is 0 Å². The first kappa shape index (κ1) is 8.51. The van der Waals surface area contributed by atoms with E-state index in [-0.39, 0.29) is 5.82 Å². The Morgan fingerprint density at radius 3 is 2.85 bits per heavy atom. The van der Waals surface area contributed by atoms with Crippen molar-refractivity contribution in [3.8, 4) is 0 Å². The number of hydrogen-bond donors (Lipinski definition) is 0. The molecule has 1 saturated heterocycles. The molecule has 1 heterocycles. The Kier molecular flexibility index (Phi) is 2.45. The first-order valence-electron chi connectivity index (χ1n) is 4.36. The van der Waals surface area contributed by atoms with Crippen molar-refractivity contribution in [1.29, 1.82) is 0 Å². The number of anilines is 1. The number of benzene rings is 1. The van der Waals surface area contributed by atoms with E-state index in [1.807, 2.05) is 4.90 Å². The van der Waals surface area contributed by atoms with Gasteiger partial charge in [-0.25, -0.2) is 4.39 Å². The zero-order valence-corrected chi connectivity index (χ0v) is 7.29. The number of rotatable bonds is 1. The van der Waals surface area contributed by atoms with Gasteiger partial charge in [-0.1, -0.05) is 6.07 Å². The van der Waals surface area contributed by atoms with Crippen LogP contribution in [0.4, 0.5) is 10.1 Å². The lowest BCUT2D eigenvalue weighted by molar-refractivity contribution is 0.122. The lowest BCUT2D eigenvalue weighted by Crippen LogP contribution is -2.36. The van der Waals surface area contributed by atoms with Crippen LogP contribution >= 0.6 is 0 Å². The second kappa shape index (κ2) is 3.75. The van der Waals surface area contributed by atoms with Crippen molar-refractivity contribution in [2.75, 3.05) is 31.2 Å². The van der Waals surface area contributed by atoms with Crippen LogP contribution in [0, 0.1) is 11.9 Å². The van der Waals surface area contributed by atoms with Crippen LogP contribution in [0.15, 0.2) is 18.2 Å². The van der Waals surface area contributed by atoms with Gasteiger partial charge in [0.05, 0.1) is 18.9 Å². The van der Waals surface area contributed by atoms with E-state index >= 15 is 0 Å². The van der Waals surface area contributed by atoms with Crippen LogP contribution in [-0.2, 0) is 4.74 Å². The highest BCUT2D eigenvalue weighted by molar-refractivity contribution is 5.47. The fourth-order valence-electron chi connectivity index (χ4n) is 1.45. The summed E-state index contributed by atoms with van der Waals surface area (Å²) >= 11 is 0. The van der Waals surface area contributed by atoms with E-state index in [1.54, 1.807) is 12.1 Å². The molecule has 1 aliphatic heterocycles. The van der Waals surface area contributed by atoms with Crippen LogP contribution in [0.5, 0.6) is 0 Å². The largest absolute Gasteiger partial charge is 0.378 e. The molecule has 13 heavy (non-hydrogen) atoms. The summed E-state index contributed by atoms with van der Waals surface area (Å²) < 4.78 is 18.5. The second-order valence-corrected chi connectivity index (χ2v) is 2.98. The third-order valence-electron chi connectivity index (χ3n) is 2.14. The number of nitrogens with zero attached hydrogens (tertiary/aromatic N) is 1. The Bertz CT molecular complexity index is 284. The molecular weight excluding hydrogens is 169 g/mol. The van der Waals surface area contributed by atoms with Crippen LogP contribution in [-0.4, -0.2) is 26.3 Å². The van der Waals surface area contributed by atoms with Gasteiger partial charge in [-0.3, -0.25) is 0 Å². The predicted octanol–water partition coefficient (Wildman–Crippen LogP) is 1.46. The fourth-order valence-corrected chi connectivity index (χ4v) is 1.45. The minimum absolute atomic E-state index is 0.180. The average molecular weight is 180 g/mol. The topological polar surface area (TPSA) is 12.5 Å². The summed E-state index contributed by atoms with van der Waals surface area (Å²) in [6, 6.07) is 7.58. The SMILES string of the molecule is Fc1cc[c]cc1N1CCOCC1. The lowest BCUT2D eigenvalue weighted by atomic mass is 10.2. The summed E-state index contributed by atoms with van der Waals surface area (Å²) in [6.45, 7) is 2.87. The van der Waals surface area contributed by atoms with Crippen molar-refractivity contribution in [2.45, 2.75) is 0 Å². The summed E-state index contributed by atoms with van der Waals surface area (Å²) in [5.41, 5.74) is 0.630. The zero-order chi connectivity index (χ0) is 9.10. The summed E-state index contributed by atoms with van der Waals surface area (Å²) in [5.74, 6) is -0.180. The van der Waals surface area contributed by atoms with Crippen molar-refractivity contribution in [3.63, 3.8) is 0 Å². The summed E-state index contributed by atoms with van der Waals surface area (Å²) in [4.78, 5) is 1.98. The highest BCUT2D eigenvalue weighted by Crippen LogP contribution is 2.18. The van der Waals surface area contributed by atoms with E-state index < -0.39 is 0 Å². The summed E-state index contributed by atoms with van der Waals surface area (Å²) in [5, 5.41) is 0. The molecule has 0 N–H and O–H groups in total. The number of hydrogen-bond acceptors (Lipinski definition) is 2. The third-order valence-corrected chi connectivity index (χ3v) is 2.14. The van der Waals surface area contributed by atoms with Gasteiger partial charge in [-0.05, 0) is 18.2 Å². The molecule has 0 unspecified atom stereocenters. The molecule has 0 atom stereocenters. The van der Waals surface area contributed by atoms with Crippen LogP contribution in [0.3, 0.4) is 0 Å². The fraction of sp³-hybridized carbons (Fsp3) is 0.400. The Morgan fingerprint density at radius 1 is 1.38 bits per heavy atom. The molecule has 0 aliphatic carbocycles. The number of morpholine rings is 1. The summed E-state index contributed by atoms with van der Waals surface area (Å²) in [6.07, 6.45) is 0. The molecule has 1 aromatic rings. The Labute approximate surface area is 76.9 Å². The standard InChI is InChI=1S/C10H11FNO/c11-9-3-1-2-4-10(9)12-5-7-13-8-6-12/h1,3-4H,5-8H2. The monoisotopic (exact) mass is 180 g/mol. The molecule has 2 rings (SSSR count). The maximum atomic E-state index is 13.3. The van der Waals surface area contributed by atoms with Crippen LogP contribution < -0.4 is 4.90 Å². The van der Waals surface area contributed by atoms with Gasteiger partial charge in [0.1, 0.15) is 5.82 Å². The van der Waals surface area contributed by atoms with Gasteiger partial charge in [0.15, 0.2) is 0 Å². The van der Waals surface area contributed by atoms with Crippen LogP contribution in [0.25, 0.3) is 0 Å². The molecule has 0 amide bonds. The van der Waals surface area contributed by atoms with Crippen molar-refractivity contribution in [1.82, 2.24) is 0 Å². The van der Waals surface area contributed by atoms with Gasteiger partial charge < -0.3 is 9.64 Å². The molecule has 3 heteroatoms. The number of halogens is 1. The number of ether oxygens (including phenoxy) is 1. The van der Waals surface area contributed by atoms with Gasteiger partial charge in [0.2, 0.25) is 0 Å². The maximum absolute atomic E-state index is 13.3. The van der Waals surface area contributed by atoms with Gasteiger partial charge in [0.25, 0.3) is 0 Å². The highest BCUT2D eigenvalue weighted by atomic mass is 19.1. The van der Waals surface area contributed by atoms with Crippen molar-refractivity contribution in [3.05, 3.63) is 30.1 Å². The van der Waals surface area contributed by atoms with Gasteiger partial charge in [0, 0.05) is 13.1 Å². The molecule has 2 nitrogen and oxygen atoms in total. The lowest BCUT2D eigenvalue weighted by Gasteiger charge is -2.28. The van der Waals surface area contributed by atoms with E-state index in [2.05, 4.69) is 6.07 Å². The first-order valence-corrected chi connectivity index (χ1v) is 4.36. The molecule has 0 aromatic heterocycles. The normalized spacial score (nSPS) is 17.5. The molecule has 0 spiro atoms. The quantitative estimate of drug-likeness (QED) is 0.648. The zero-order valence-electron chi connectivity index (χ0n) is 7.29. The van der Waals surface area contributed by atoms with Crippen LogP contribution in [0.1, 0.15) is 0 Å². The second-order valence-electron chi connectivity index (χ2n) is 2.98. The molecule has 0 bridgehead atoms. The Hall–Kier alpha value is -1.09. The minimum Gasteiger partial charge on any atom is -0.378 e. The molecule has 1 aromatic carbocycles. The van der Waals surface area contributed by atoms with Crippen molar-refractivity contribution >= 4 is 5.69 Å². The maximum Gasteiger partial charge on any atom is 0.146 e. The van der Waals surface area contributed by atoms with Crippen LogP contribution in [0.2, 0.25) is 0 Å². The highest BCUT2D eigenvalue weighted by Gasteiger charge is 2.13. The van der Waals surface area contributed by atoms with E-state index in [0.717, 1.165) is 13.1 Å². The minimum atomic E-state index is -0.180. The van der Waals surface area contributed by atoms with Gasteiger partial charge in [-0.2, -0.15) is 0 Å². The van der Waals surface area contributed by atoms with E-state index in [1.165, 1.54) is 6.07 Å². The van der Waals surface area contributed by atoms with Crippen molar-refractivity contribution < 1.29 is 9.13 Å². The average Bonchev–Trinajstić information content (AvgIpc) is 2.20.